The zero-order valence-corrected chi connectivity index (χ0v) is 13.4. The van der Waals surface area contributed by atoms with Gasteiger partial charge in [-0.1, -0.05) is 0 Å². The summed E-state index contributed by atoms with van der Waals surface area (Å²) >= 11 is 0. The normalized spacial score (nSPS) is 11.0. The van der Waals surface area contributed by atoms with Crippen LogP contribution in [0.15, 0.2) is 23.9 Å². The monoisotopic (exact) mass is 306 g/mol. The third-order valence-electron chi connectivity index (χ3n) is 2.67. The molecule has 120 valence electrons. The average Bonchev–Trinajstić information content (AvgIpc) is 2.42. The van der Waals surface area contributed by atoms with Crippen LogP contribution < -0.4 is 5.32 Å². The van der Waals surface area contributed by atoms with Crippen LogP contribution in [0.25, 0.3) is 0 Å². The van der Waals surface area contributed by atoms with Crippen LogP contribution in [0, 0.1) is 13.8 Å². The lowest BCUT2D eigenvalue weighted by atomic mass is 10.2. The van der Waals surface area contributed by atoms with Crippen molar-refractivity contribution in [2.75, 3.05) is 18.5 Å². The maximum absolute atomic E-state index is 11.9. The number of carbonyl (C=O) groups excluding carboxylic acids is 2. The largest absolute Gasteiger partial charge is 0.466 e. The van der Waals surface area contributed by atoms with Crippen LogP contribution in [0.1, 0.15) is 31.5 Å². The minimum atomic E-state index is -0.549. The number of carbonyl (C=O) groups is 2. The predicted octanol–water partition coefficient (Wildman–Crippen LogP) is 2.51. The van der Waals surface area contributed by atoms with Gasteiger partial charge in [-0.05, 0) is 45.4 Å². The third-order valence-corrected chi connectivity index (χ3v) is 2.67. The molecule has 0 unspecified atom stereocenters. The molecule has 0 saturated carbocycles. The predicted molar refractivity (Wildman–Crippen MR) is 83.3 cm³/mol. The minimum Gasteiger partial charge on any atom is -0.466 e. The Labute approximate surface area is 130 Å². The zero-order valence-electron chi connectivity index (χ0n) is 13.4. The van der Waals surface area contributed by atoms with E-state index in [9.17, 15) is 9.59 Å². The van der Waals surface area contributed by atoms with Crippen molar-refractivity contribution in [1.29, 1.82) is 0 Å². The van der Waals surface area contributed by atoms with Gasteiger partial charge in [0.05, 0.1) is 25.2 Å². The van der Waals surface area contributed by atoms with Crippen LogP contribution >= 0.6 is 0 Å². The fourth-order valence-electron chi connectivity index (χ4n) is 1.85. The molecule has 0 aliphatic heterocycles. The highest BCUT2D eigenvalue weighted by Gasteiger charge is 2.16. The molecular weight excluding hydrogens is 284 g/mol. The Morgan fingerprint density at radius 2 is 1.86 bits per heavy atom. The molecule has 1 aromatic heterocycles. The van der Waals surface area contributed by atoms with Gasteiger partial charge in [-0.15, -0.1) is 0 Å². The first-order valence-corrected chi connectivity index (χ1v) is 7.19. The van der Waals surface area contributed by atoms with E-state index in [2.05, 4.69) is 10.3 Å². The molecule has 6 heteroatoms. The van der Waals surface area contributed by atoms with Gasteiger partial charge in [0.15, 0.2) is 0 Å². The smallest absolute Gasteiger partial charge is 0.336 e. The number of hydrogen-bond donors (Lipinski definition) is 1. The first-order valence-electron chi connectivity index (χ1n) is 7.19. The summed E-state index contributed by atoms with van der Waals surface area (Å²) in [6.07, 6.45) is 1.29. The van der Waals surface area contributed by atoms with E-state index < -0.39 is 11.9 Å². The summed E-state index contributed by atoms with van der Waals surface area (Å²) in [4.78, 5) is 27.7. The molecule has 0 saturated heterocycles. The Morgan fingerprint density at radius 3 is 2.45 bits per heavy atom. The van der Waals surface area contributed by atoms with Crippen molar-refractivity contribution < 1.29 is 19.1 Å². The number of rotatable bonds is 7. The van der Waals surface area contributed by atoms with Gasteiger partial charge in [0, 0.05) is 11.9 Å². The van der Waals surface area contributed by atoms with Gasteiger partial charge >= 0.3 is 11.9 Å². The third kappa shape index (κ3) is 5.95. The van der Waals surface area contributed by atoms with Gasteiger partial charge in [-0.3, -0.25) is 4.79 Å². The summed E-state index contributed by atoms with van der Waals surface area (Å²) in [6, 6.07) is 3.79. The molecule has 0 amide bonds. The van der Waals surface area contributed by atoms with E-state index in [1.165, 1.54) is 6.20 Å². The first-order chi connectivity index (χ1) is 10.5. The molecule has 1 rings (SSSR count). The number of aryl methyl sites for hydroxylation is 2. The Hall–Kier alpha value is -2.37. The molecule has 0 aromatic carbocycles. The first kappa shape index (κ1) is 17.7. The van der Waals surface area contributed by atoms with Crippen LogP contribution in [0.5, 0.6) is 0 Å². The van der Waals surface area contributed by atoms with E-state index in [1.54, 1.807) is 13.8 Å². The van der Waals surface area contributed by atoms with Crippen molar-refractivity contribution >= 4 is 17.8 Å². The Bertz CT molecular complexity index is 547. The van der Waals surface area contributed by atoms with Crippen LogP contribution in [0.3, 0.4) is 0 Å². The highest BCUT2D eigenvalue weighted by Crippen LogP contribution is 2.12. The maximum atomic E-state index is 11.9. The standard InChI is InChI=1S/C16H22N2O4/c1-5-21-15(19)9-13(16(20)22-6-2)10-17-14-8-11(3)7-12(4)18-14/h7-8,10H,5-6,9H2,1-4H3,(H,17,18). The molecule has 0 aliphatic carbocycles. The second-order valence-electron chi connectivity index (χ2n) is 4.69. The lowest BCUT2D eigenvalue weighted by molar-refractivity contribution is -0.145. The summed E-state index contributed by atoms with van der Waals surface area (Å²) in [5.74, 6) is -0.424. The number of nitrogens with zero attached hydrogens (tertiary/aromatic N) is 1. The molecule has 0 fully saturated rings. The number of aromatic nitrogens is 1. The van der Waals surface area contributed by atoms with Gasteiger partial charge in [0.1, 0.15) is 5.82 Å². The highest BCUT2D eigenvalue weighted by molar-refractivity contribution is 5.94. The number of anilines is 1. The average molecular weight is 306 g/mol. The van der Waals surface area contributed by atoms with Crippen molar-refractivity contribution in [1.82, 2.24) is 4.98 Å². The number of hydrogen-bond acceptors (Lipinski definition) is 6. The van der Waals surface area contributed by atoms with Gasteiger partial charge < -0.3 is 14.8 Å². The molecule has 22 heavy (non-hydrogen) atoms. The van der Waals surface area contributed by atoms with Crippen molar-refractivity contribution in [3.63, 3.8) is 0 Å². The lowest BCUT2D eigenvalue weighted by Gasteiger charge is -2.08. The van der Waals surface area contributed by atoms with Gasteiger partial charge in [-0.2, -0.15) is 0 Å². The fourth-order valence-corrected chi connectivity index (χ4v) is 1.85. The quantitative estimate of drug-likeness (QED) is 0.616. The topological polar surface area (TPSA) is 77.5 Å². The van der Waals surface area contributed by atoms with Crippen molar-refractivity contribution in [2.24, 2.45) is 0 Å². The molecule has 1 heterocycles. The summed E-state index contributed by atoms with van der Waals surface area (Å²) < 4.78 is 9.80. The molecule has 0 aliphatic rings. The van der Waals surface area contributed by atoms with Crippen molar-refractivity contribution in [2.45, 2.75) is 34.1 Å². The number of nitrogens with one attached hydrogen (secondary N) is 1. The number of esters is 2. The van der Waals surface area contributed by atoms with Gasteiger partial charge in [0.25, 0.3) is 0 Å². The molecule has 1 N–H and O–H groups in total. The van der Waals surface area contributed by atoms with E-state index in [4.69, 9.17) is 9.47 Å². The van der Waals surface area contributed by atoms with E-state index in [-0.39, 0.29) is 25.2 Å². The van der Waals surface area contributed by atoms with Crippen LogP contribution in [0.4, 0.5) is 5.82 Å². The maximum Gasteiger partial charge on any atom is 0.336 e. The molecular formula is C16H22N2O4. The second-order valence-corrected chi connectivity index (χ2v) is 4.69. The van der Waals surface area contributed by atoms with E-state index >= 15 is 0 Å². The Morgan fingerprint density at radius 1 is 1.18 bits per heavy atom. The molecule has 0 spiro atoms. The summed E-state index contributed by atoms with van der Waals surface area (Å²) in [5, 5.41) is 2.93. The molecule has 6 nitrogen and oxygen atoms in total. The van der Waals surface area contributed by atoms with Crippen molar-refractivity contribution in [3.8, 4) is 0 Å². The fraction of sp³-hybridized carbons (Fsp3) is 0.438. The van der Waals surface area contributed by atoms with E-state index in [1.807, 2.05) is 26.0 Å². The SMILES string of the molecule is CCOC(=O)CC(=CNc1cc(C)cc(C)n1)C(=O)OCC. The Kier molecular flexibility index (Phi) is 7.08. The minimum absolute atomic E-state index is 0.148. The van der Waals surface area contributed by atoms with Gasteiger partial charge in [-0.25, -0.2) is 9.78 Å². The molecule has 0 radical (unpaired) electrons. The van der Waals surface area contributed by atoms with Gasteiger partial charge in [0.2, 0.25) is 0 Å². The van der Waals surface area contributed by atoms with Crippen LogP contribution in [-0.4, -0.2) is 30.1 Å². The summed E-state index contributed by atoms with van der Waals surface area (Å²) in [7, 11) is 0. The Balaban J connectivity index is 2.88. The van der Waals surface area contributed by atoms with E-state index in [0.717, 1.165) is 11.3 Å². The van der Waals surface area contributed by atoms with Crippen molar-refractivity contribution in [3.05, 3.63) is 35.2 Å². The van der Waals surface area contributed by atoms with Crippen LogP contribution in [0.2, 0.25) is 0 Å². The zero-order chi connectivity index (χ0) is 16.5. The second kappa shape index (κ2) is 8.81. The summed E-state index contributed by atoms with van der Waals surface area (Å²) in [5.41, 5.74) is 2.10. The van der Waals surface area contributed by atoms with Crippen LogP contribution in [-0.2, 0) is 19.1 Å². The molecule has 1 aromatic rings. The lowest BCUT2D eigenvalue weighted by Crippen LogP contribution is -2.15. The highest BCUT2D eigenvalue weighted by atomic mass is 16.5. The molecule has 0 atom stereocenters. The molecule has 0 bridgehead atoms. The number of ether oxygens (including phenoxy) is 2. The number of pyridine rings is 1. The summed E-state index contributed by atoms with van der Waals surface area (Å²) in [6.45, 7) is 7.76. The van der Waals surface area contributed by atoms with E-state index in [0.29, 0.717) is 5.82 Å².